The van der Waals surface area contributed by atoms with Gasteiger partial charge in [0.1, 0.15) is 5.82 Å². The van der Waals surface area contributed by atoms with Gasteiger partial charge in [0.05, 0.1) is 12.7 Å². The first-order chi connectivity index (χ1) is 8.75. The van der Waals surface area contributed by atoms with Gasteiger partial charge in [-0.05, 0) is 43.0 Å². The molecule has 0 heterocycles. The molecule has 1 fully saturated rings. The fourth-order valence-corrected chi connectivity index (χ4v) is 2.50. The van der Waals surface area contributed by atoms with Crippen LogP contribution in [-0.2, 0) is 4.74 Å². The second kappa shape index (κ2) is 6.74. The number of benzene rings is 1. The monoisotopic (exact) mass is 251 g/mol. The van der Waals surface area contributed by atoms with Crippen molar-refractivity contribution in [3.63, 3.8) is 0 Å². The van der Waals surface area contributed by atoms with E-state index in [-0.39, 0.29) is 5.82 Å². The van der Waals surface area contributed by atoms with Gasteiger partial charge in [0.15, 0.2) is 0 Å². The van der Waals surface area contributed by atoms with Crippen LogP contribution in [0, 0.1) is 11.7 Å². The van der Waals surface area contributed by atoms with Crippen LogP contribution in [0.15, 0.2) is 24.3 Å². The fourth-order valence-electron chi connectivity index (χ4n) is 2.50. The smallest absolute Gasteiger partial charge is 0.123 e. The predicted octanol–water partition coefficient (Wildman–Crippen LogP) is 3.83. The Labute approximate surface area is 109 Å². The SMILES string of the molecule is CC1CCCCC1OCCNc1ccc(F)cc1. The van der Waals surface area contributed by atoms with Crippen LogP contribution in [0.3, 0.4) is 0 Å². The van der Waals surface area contributed by atoms with Gasteiger partial charge in [0.2, 0.25) is 0 Å². The number of anilines is 1. The number of halogens is 1. The van der Waals surface area contributed by atoms with Crippen molar-refractivity contribution in [2.24, 2.45) is 5.92 Å². The van der Waals surface area contributed by atoms with Gasteiger partial charge in [-0.2, -0.15) is 0 Å². The summed E-state index contributed by atoms with van der Waals surface area (Å²) in [6.07, 6.45) is 5.54. The van der Waals surface area contributed by atoms with Crippen LogP contribution in [-0.4, -0.2) is 19.3 Å². The lowest BCUT2D eigenvalue weighted by Gasteiger charge is -2.28. The highest BCUT2D eigenvalue weighted by Gasteiger charge is 2.21. The molecular formula is C15H22FNO. The normalized spacial score (nSPS) is 23.9. The third-order valence-corrected chi connectivity index (χ3v) is 3.64. The zero-order valence-corrected chi connectivity index (χ0v) is 11.0. The molecule has 2 unspecified atom stereocenters. The Kier molecular flexibility index (Phi) is 5.00. The third-order valence-electron chi connectivity index (χ3n) is 3.64. The Bertz CT molecular complexity index is 352. The molecule has 2 rings (SSSR count). The molecule has 0 aliphatic heterocycles. The van der Waals surface area contributed by atoms with Crippen LogP contribution < -0.4 is 5.32 Å². The molecule has 0 aromatic heterocycles. The van der Waals surface area contributed by atoms with Gasteiger partial charge in [0.25, 0.3) is 0 Å². The molecule has 0 radical (unpaired) electrons. The van der Waals surface area contributed by atoms with E-state index in [0.29, 0.717) is 18.6 Å². The van der Waals surface area contributed by atoms with Gasteiger partial charge in [-0.15, -0.1) is 0 Å². The second-order valence-electron chi connectivity index (χ2n) is 5.10. The Morgan fingerprint density at radius 1 is 1.22 bits per heavy atom. The summed E-state index contributed by atoms with van der Waals surface area (Å²) in [5.74, 6) is 0.484. The molecule has 3 heteroatoms. The molecule has 0 saturated heterocycles. The fraction of sp³-hybridized carbons (Fsp3) is 0.600. The van der Waals surface area contributed by atoms with Crippen molar-refractivity contribution in [1.29, 1.82) is 0 Å². The highest BCUT2D eigenvalue weighted by molar-refractivity contribution is 5.42. The van der Waals surface area contributed by atoms with E-state index in [0.717, 1.165) is 12.2 Å². The van der Waals surface area contributed by atoms with Crippen molar-refractivity contribution < 1.29 is 9.13 Å². The Morgan fingerprint density at radius 3 is 2.67 bits per heavy atom. The van der Waals surface area contributed by atoms with E-state index in [1.54, 1.807) is 12.1 Å². The molecule has 100 valence electrons. The molecule has 2 atom stereocenters. The molecule has 1 aromatic carbocycles. The van der Waals surface area contributed by atoms with E-state index in [2.05, 4.69) is 12.2 Å². The quantitative estimate of drug-likeness (QED) is 0.803. The molecule has 0 amide bonds. The van der Waals surface area contributed by atoms with Crippen LogP contribution in [0.2, 0.25) is 0 Å². The number of hydrogen-bond acceptors (Lipinski definition) is 2. The van der Waals surface area contributed by atoms with E-state index in [1.165, 1.54) is 37.8 Å². The second-order valence-corrected chi connectivity index (χ2v) is 5.10. The van der Waals surface area contributed by atoms with Crippen molar-refractivity contribution in [3.8, 4) is 0 Å². The number of ether oxygens (including phenoxy) is 1. The van der Waals surface area contributed by atoms with Crippen molar-refractivity contribution in [2.75, 3.05) is 18.5 Å². The van der Waals surface area contributed by atoms with E-state index < -0.39 is 0 Å². The molecule has 1 N–H and O–H groups in total. The van der Waals surface area contributed by atoms with E-state index in [4.69, 9.17) is 4.74 Å². The molecule has 0 spiro atoms. The summed E-state index contributed by atoms with van der Waals surface area (Å²) in [6.45, 7) is 3.76. The average molecular weight is 251 g/mol. The number of rotatable bonds is 5. The number of nitrogens with one attached hydrogen (secondary N) is 1. The summed E-state index contributed by atoms with van der Waals surface area (Å²) in [5.41, 5.74) is 0.941. The minimum Gasteiger partial charge on any atom is -0.383 e. The standard InChI is InChI=1S/C15H22FNO/c1-12-4-2-3-5-15(12)18-11-10-17-14-8-6-13(16)7-9-14/h6-9,12,15,17H,2-5,10-11H2,1H3. The summed E-state index contributed by atoms with van der Waals surface area (Å²) in [7, 11) is 0. The first-order valence-corrected chi connectivity index (χ1v) is 6.87. The Morgan fingerprint density at radius 2 is 1.94 bits per heavy atom. The highest BCUT2D eigenvalue weighted by Crippen LogP contribution is 2.26. The summed E-state index contributed by atoms with van der Waals surface area (Å²) in [4.78, 5) is 0. The minimum atomic E-state index is -0.201. The van der Waals surface area contributed by atoms with Crippen molar-refractivity contribution in [1.82, 2.24) is 0 Å². The summed E-state index contributed by atoms with van der Waals surface area (Å²) < 4.78 is 18.6. The minimum absolute atomic E-state index is 0.201. The molecule has 1 aromatic rings. The van der Waals surface area contributed by atoms with Crippen LogP contribution in [0.1, 0.15) is 32.6 Å². The number of hydrogen-bond donors (Lipinski definition) is 1. The van der Waals surface area contributed by atoms with Gasteiger partial charge >= 0.3 is 0 Å². The van der Waals surface area contributed by atoms with Gasteiger partial charge in [-0.1, -0.05) is 19.8 Å². The van der Waals surface area contributed by atoms with Gasteiger partial charge < -0.3 is 10.1 Å². The van der Waals surface area contributed by atoms with Gasteiger partial charge in [-0.3, -0.25) is 0 Å². The zero-order valence-electron chi connectivity index (χ0n) is 11.0. The Balaban J connectivity index is 1.65. The molecular weight excluding hydrogens is 229 g/mol. The third kappa shape index (κ3) is 3.98. The van der Waals surface area contributed by atoms with Gasteiger partial charge in [-0.25, -0.2) is 4.39 Å². The summed E-state index contributed by atoms with van der Waals surface area (Å²) in [5, 5.41) is 3.23. The van der Waals surface area contributed by atoms with Crippen molar-refractivity contribution >= 4 is 5.69 Å². The molecule has 0 bridgehead atoms. The van der Waals surface area contributed by atoms with Crippen molar-refractivity contribution in [3.05, 3.63) is 30.1 Å². The van der Waals surface area contributed by atoms with E-state index in [9.17, 15) is 4.39 Å². The lowest BCUT2D eigenvalue weighted by atomic mass is 9.88. The van der Waals surface area contributed by atoms with Crippen LogP contribution in [0.5, 0.6) is 0 Å². The van der Waals surface area contributed by atoms with Crippen LogP contribution in [0.4, 0.5) is 10.1 Å². The topological polar surface area (TPSA) is 21.3 Å². The molecule has 18 heavy (non-hydrogen) atoms. The molecule has 1 saturated carbocycles. The van der Waals surface area contributed by atoms with Crippen LogP contribution in [0.25, 0.3) is 0 Å². The van der Waals surface area contributed by atoms with E-state index in [1.807, 2.05) is 0 Å². The average Bonchev–Trinajstić information content (AvgIpc) is 2.39. The Hall–Kier alpha value is -1.09. The maximum Gasteiger partial charge on any atom is 0.123 e. The zero-order chi connectivity index (χ0) is 12.8. The lowest BCUT2D eigenvalue weighted by molar-refractivity contribution is 0.000393. The van der Waals surface area contributed by atoms with E-state index >= 15 is 0 Å². The van der Waals surface area contributed by atoms with Crippen molar-refractivity contribution in [2.45, 2.75) is 38.7 Å². The molecule has 1 aliphatic rings. The first-order valence-electron chi connectivity index (χ1n) is 6.87. The predicted molar refractivity (Wildman–Crippen MR) is 72.3 cm³/mol. The maximum absolute atomic E-state index is 12.7. The molecule has 1 aliphatic carbocycles. The summed E-state index contributed by atoms with van der Waals surface area (Å²) >= 11 is 0. The highest BCUT2D eigenvalue weighted by atomic mass is 19.1. The lowest BCUT2D eigenvalue weighted by Crippen LogP contribution is -2.27. The van der Waals surface area contributed by atoms with Crippen LogP contribution >= 0.6 is 0 Å². The molecule has 2 nitrogen and oxygen atoms in total. The van der Waals surface area contributed by atoms with Gasteiger partial charge in [0, 0.05) is 12.2 Å². The first kappa shape index (κ1) is 13.3. The maximum atomic E-state index is 12.7. The summed E-state index contributed by atoms with van der Waals surface area (Å²) in [6, 6.07) is 6.43. The largest absolute Gasteiger partial charge is 0.383 e.